The van der Waals surface area contributed by atoms with Gasteiger partial charge in [0.25, 0.3) is 0 Å². The molecule has 0 N–H and O–H groups in total. The summed E-state index contributed by atoms with van der Waals surface area (Å²) in [6, 6.07) is 16.3. The predicted molar refractivity (Wildman–Crippen MR) is 89.5 cm³/mol. The van der Waals surface area contributed by atoms with Crippen molar-refractivity contribution in [2.24, 2.45) is 5.41 Å². The average Bonchev–Trinajstić information content (AvgIpc) is 2.53. The molecule has 0 heterocycles. The smallest absolute Gasteiger partial charge is 0.237 e. The Hall–Kier alpha value is -2.05. The van der Waals surface area contributed by atoms with Gasteiger partial charge in [0.05, 0.1) is 11.5 Å². The van der Waals surface area contributed by atoms with Gasteiger partial charge in [-0.1, -0.05) is 42.5 Å². The van der Waals surface area contributed by atoms with E-state index in [0.29, 0.717) is 13.1 Å². The molecule has 0 bridgehead atoms. The van der Waals surface area contributed by atoms with Gasteiger partial charge in [0.1, 0.15) is 5.88 Å². The molecule has 2 rings (SSSR count). The number of halogens is 1. The van der Waals surface area contributed by atoms with E-state index in [4.69, 9.17) is 11.6 Å². The Balaban J connectivity index is 2.34. The number of carbonyl (C=O) groups is 1. The van der Waals surface area contributed by atoms with Crippen LogP contribution >= 0.6 is 11.6 Å². The van der Waals surface area contributed by atoms with E-state index in [0.717, 1.165) is 16.3 Å². The van der Waals surface area contributed by atoms with Crippen LogP contribution in [-0.2, 0) is 11.3 Å². The molecule has 0 saturated heterocycles. The molecule has 1 amide bonds. The summed E-state index contributed by atoms with van der Waals surface area (Å²) in [5.74, 6) is -0.232. The van der Waals surface area contributed by atoms with E-state index in [9.17, 15) is 10.1 Å². The zero-order valence-electron chi connectivity index (χ0n) is 12.8. The third kappa shape index (κ3) is 3.78. The summed E-state index contributed by atoms with van der Waals surface area (Å²) >= 11 is 5.73. The third-order valence-electron chi connectivity index (χ3n) is 3.60. The van der Waals surface area contributed by atoms with Gasteiger partial charge in [0, 0.05) is 13.1 Å². The molecule has 0 fully saturated rings. The van der Waals surface area contributed by atoms with E-state index in [1.807, 2.05) is 56.3 Å². The minimum atomic E-state index is -0.605. The fourth-order valence-electron chi connectivity index (χ4n) is 2.47. The number of carbonyl (C=O) groups excluding carboxylic acids is 1. The number of hydrogen-bond donors (Lipinski definition) is 0. The lowest BCUT2D eigenvalue weighted by molar-refractivity contribution is -0.130. The monoisotopic (exact) mass is 314 g/mol. The van der Waals surface area contributed by atoms with Gasteiger partial charge in [-0.3, -0.25) is 4.79 Å². The van der Waals surface area contributed by atoms with E-state index in [1.165, 1.54) is 0 Å². The zero-order valence-corrected chi connectivity index (χ0v) is 13.6. The van der Waals surface area contributed by atoms with Crippen LogP contribution < -0.4 is 0 Å². The number of rotatable bonds is 5. The van der Waals surface area contributed by atoms with Crippen molar-refractivity contribution < 1.29 is 4.79 Å². The van der Waals surface area contributed by atoms with Crippen LogP contribution in [0.15, 0.2) is 42.5 Å². The Morgan fingerprint density at radius 1 is 1.23 bits per heavy atom. The second-order valence-electron chi connectivity index (χ2n) is 6.02. The van der Waals surface area contributed by atoms with Gasteiger partial charge >= 0.3 is 0 Å². The molecule has 0 unspecified atom stereocenters. The molecule has 0 spiro atoms. The van der Waals surface area contributed by atoms with E-state index < -0.39 is 5.41 Å². The summed E-state index contributed by atoms with van der Waals surface area (Å²) in [7, 11) is 0. The Labute approximate surface area is 136 Å². The van der Waals surface area contributed by atoms with Crippen molar-refractivity contribution in [3.05, 3.63) is 48.0 Å². The van der Waals surface area contributed by atoms with Gasteiger partial charge in [-0.25, -0.2) is 0 Å². The highest BCUT2D eigenvalue weighted by atomic mass is 35.5. The maximum Gasteiger partial charge on any atom is 0.237 e. The van der Waals surface area contributed by atoms with Crippen molar-refractivity contribution in [3.8, 4) is 6.07 Å². The van der Waals surface area contributed by atoms with E-state index >= 15 is 0 Å². The SMILES string of the molecule is CC(C)(C#N)CN(Cc1cccc2ccccc12)C(=O)CCl. The van der Waals surface area contributed by atoms with Gasteiger partial charge in [0.15, 0.2) is 0 Å². The van der Waals surface area contributed by atoms with E-state index in [1.54, 1.807) is 4.90 Å². The highest BCUT2D eigenvalue weighted by Gasteiger charge is 2.24. The van der Waals surface area contributed by atoms with Crippen molar-refractivity contribution in [2.45, 2.75) is 20.4 Å². The maximum atomic E-state index is 12.1. The summed E-state index contributed by atoms with van der Waals surface area (Å²) in [5.41, 5.74) is 0.456. The molecule has 0 atom stereocenters. The number of benzene rings is 2. The zero-order chi connectivity index (χ0) is 16.2. The van der Waals surface area contributed by atoms with Crippen molar-refractivity contribution in [2.75, 3.05) is 12.4 Å². The largest absolute Gasteiger partial charge is 0.336 e. The predicted octanol–water partition coefficient (Wildman–Crippen LogP) is 3.96. The molecule has 114 valence electrons. The van der Waals surface area contributed by atoms with Gasteiger partial charge < -0.3 is 4.90 Å². The normalized spacial score (nSPS) is 11.2. The van der Waals surface area contributed by atoms with Crippen molar-refractivity contribution in [1.29, 1.82) is 5.26 Å². The average molecular weight is 315 g/mol. The van der Waals surface area contributed by atoms with Crippen molar-refractivity contribution >= 4 is 28.3 Å². The van der Waals surface area contributed by atoms with Crippen LogP contribution in [0.3, 0.4) is 0 Å². The van der Waals surface area contributed by atoms with Crippen LogP contribution in [0.1, 0.15) is 19.4 Å². The van der Waals surface area contributed by atoms with E-state index in [2.05, 4.69) is 6.07 Å². The fourth-order valence-corrected chi connectivity index (χ4v) is 2.63. The molecule has 22 heavy (non-hydrogen) atoms. The Morgan fingerprint density at radius 2 is 1.91 bits per heavy atom. The van der Waals surface area contributed by atoms with E-state index in [-0.39, 0.29) is 11.8 Å². The topological polar surface area (TPSA) is 44.1 Å². The molecular formula is C18H19ClN2O. The molecule has 2 aromatic rings. The number of alkyl halides is 1. The van der Waals surface area contributed by atoms with Crippen LogP contribution in [0.4, 0.5) is 0 Å². The van der Waals surface area contributed by atoms with Crippen molar-refractivity contribution in [1.82, 2.24) is 4.90 Å². The van der Waals surface area contributed by atoms with Gasteiger partial charge in [-0.2, -0.15) is 5.26 Å². The van der Waals surface area contributed by atoms with Gasteiger partial charge in [-0.15, -0.1) is 11.6 Å². The first-order chi connectivity index (χ1) is 10.5. The number of nitriles is 1. The Bertz CT molecular complexity index is 713. The number of fused-ring (bicyclic) bond motifs is 1. The quantitative estimate of drug-likeness (QED) is 0.784. The number of hydrogen-bond acceptors (Lipinski definition) is 2. The summed E-state index contributed by atoms with van der Waals surface area (Å²) < 4.78 is 0. The van der Waals surface area contributed by atoms with Crippen LogP contribution in [0.5, 0.6) is 0 Å². The standard InChI is InChI=1S/C18H19ClN2O/c1-18(2,12-20)13-21(17(22)10-19)11-15-8-5-7-14-6-3-4-9-16(14)15/h3-9H,10-11,13H2,1-2H3. The van der Waals surface area contributed by atoms with Gasteiger partial charge in [-0.05, 0) is 30.2 Å². The highest BCUT2D eigenvalue weighted by molar-refractivity contribution is 6.27. The minimum absolute atomic E-state index is 0.0771. The second kappa shape index (κ2) is 6.81. The lowest BCUT2D eigenvalue weighted by Crippen LogP contribution is -2.38. The third-order valence-corrected chi connectivity index (χ3v) is 3.83. The summed E-state index contributed by atoms with van der Waals surface area (Å²) in [4.78, 5) is 13.8. The second-order valence-corrected chi connectivity index (χ2v) is 6.28. The maximum absolute atomic E-state index is 12.1. The molecule has 0 radical (unpaired) electrons. The molecule has 0 aromatic heterocycles. The summed E-state index contributed by atoms with van der Waals surface area (Å²) in [5, 5.41) is 11.5. The molecule has 3 nitrogen and oxygen atoms in total. The summed E-state index contributed by atoms with van der Waals surface area (Å²) in [6.07, 6.45) is 0. The lowest BCUT2D eigenvalue weighted by Gasteiger charge is -2.28. The summed E-state index contributed by atoms with van der Waals surface area (Å²) in [6.45, 7) is 4.46. The van der Waals surface area contributed by atoms with Crippen molar-refractivity contribution in [3.63, 3.8) is 0 Å². The molecule has 0 aliphatic carbocycles. The van der Waals surface area contributed by atoms with Crippen LogP contribution in [0.25, 0.3) is 10.8 Å². The number of amides is 1. The van der Waals surface area contributed by atoms with Crippen LogP contribution in [0, 0.1) is 16.7 Å². The molecule has 0 aliphatic rings. The molecule has 0 saturated carbocycles. The molecule has 0 aliphatic heterocycles. The Kier molecular flexibility index (Phi) is 5.05. The Morgan fingerprint density at radius 3 is 2.59 bits per heavy atom. The minimum Gasteiger partial charge on any atom is -0.336 e. The number of nitrogens with zero attached hydrogens (tertiary/aromatic N) is 2. The van der Waals surface area contributed by atoms with Crippen LogP contribution in [0.2, 0.25) is 0 Å². The molecule has 4 heteroatoms. The van der Waals surface area contributed by atoms with Gasteiger partial charge in [0.2, 0.25) is 5.91 Å². The first-order valence-corrected chi connectivity index (χ1v) is 7.72. The lowest BCUT2D eigenvalue weighted by atomic mass is 9.94. The first kappa shape index (κ1) is 16.3. The molecular weight excluding hydrogens is 296 g/mol. The fraction of sp³-hybridized carbons (Fsp3) is 0.333. The molecule has 2 aromatic carbocycles. The highest BCUT2D eigenvalue weighted by Crippen LogP contribution is 2.22. The first-order valence-electron chi connectivity index (χ1n) is 7.18. The van der Waals surface area contributed by atoms with Crippen LogP contribution in [-0.4, -0.2) is 23.2 Å².